The fourth-order valence-electron chi connectivity index (χ4n) is 2.38. The van der Waals surface area contributed by atoms with Crippen LogP contribution in [0.4, 0.5) is 0 Å². The molecule has 154 valence electrons. The normalized spacial score (nSPS) is 16.0. The van der Waals surface area contributed by atoms with E-state index >= 15 is 0 Å². The molecular weight excluding hydrogens is 404 g/mol. The summed E-state index contributed by atoms with van der Waals surface area (Å²) in [6, 6.07) is 6.22. The van der Waals surface area contributed by atoms with Gasteiger partial charge in [0.1, 0.15) is 11.5 Å². The van der Waals surface area contributed by atoms with Crippen molar-refractivity contribution in [3.63, 3.8) is 0 Å². The number of nitriles is 1. The number of methoxy groups -OCH3 is 1. The SMILES string of the molecule is CCOC(=O)C1=NC(SC)N(OC)C(Oc2cc(C#N)cc(OC)c2)=C1[N+](=O)[O-]. The number of carbonyl (C=O) groups excluding carboxylic acids is 1. The van der Waals surface area contributed by atoms with Crippen LogP contribution >= 0.6 is 11.8 Å². The minimum absolute atomic E-state index is 0.0123. The van der Waals surface area contributed by atoms with E-state index in [1.54, 1.807) is 13.2 Å². The Morgan fingerprint density at radius 1 is 1.38 bits per heavy atom. The molecule has 0 spiro atoms. The standard InChI is InChI=1S/C17H18N4O7S/c1-5-27-16(22)13-14(21(23)24)15(20(26-3)17(19-13)29-4)28-12-7-10(9-18)6-11(8-12)25-2/h6-8,17H,5H2,1-4H3. The van der Waals surface area contributed by atoms with Crippen molar-refractivity contribution >= 4 is 23.4 Å². The van der Waals surface area contributed by atoms with Gasteiger partial charge in [-0.25, -0.2) is 9.79 Å². The minimum Gasteiger partial charge on any atom is -0.497 e. The number of esters is 1. The highest BCUT2D eigenvalue weighted by Gasteiger charge is 2.43. The molecule has 0 amide bonds. The summed E-state index contributed by atoms with van der Waals surface area (Å²) in [5.74, 6) is -0.962. The Bertz CT molecular complexity index is 910. The Kier molecular flexibility index (Phi) is 7.40. The topological polar surface area (TPSA) is 137 Å². The minimum atomic E-state index is -0.960. The van der Waals surface area contributed by atoms with Gasteiger partial charge in [-0.15, -0.1) is 11.8 Å². The predicted molar refractivity (Wildman–Crippen MR) is 103 cm³/mol. The molecule has 1 aromatic carbocycles. The molecule has 0 radical (unpaired) electrons. The smallest absolute Gasteiger partial charge is 0.364 e. The van der Waals surface area contributed by atoms with Crippen molar-refractivity contribution < 1.29 is 28.8 Å². The zero-order valence-corrected chi connectivity index (χ0v) is 16.9. The number of thioether (sulfide) groups is 1. The van der Waals surface area contributed by atoms with Crippen LogP contribution in [-0.4, -0.2) is 54.2 Å². The van der Waals surface area contributed by atoms with Gasteiger partial charge in [0.15, 0.2) is 5.50 Å². The third-order valence-corrected chi connectivity index (χ3v) is 4.30. The van der Waals surface area contributed by atoms with Crippen LogP contribution in [0.3, 0.4) is 0 Å². The van der Waals surface area contributed by atoms with Crippen LogP contribution in [0.25, 0.3) is 0 Å². The Labute approximate surface area is 170 Å². The van der Waals surface area contributed by atoms with Crippen LogP contribution < -0.4 is 9.47 Å². The molecular formula is C17H18N4O7S. The maximum Gasteiger partial charge on any atom is 0.364 e. The molecule has 1 atom stereocenters. The molecule has 1 aromatic rings. The van der Waals surface area contributed by atoms with Crippen LogP contribution in [0, 0.1) is 21.4 Å². The monoisotopic (exact) mass is 422 g/mol. The first-order valence-corrected chi connectivity index (χ1v) is 9.46. The number of hydrogen-bond donors (Lipinski definition) is 0. The molecule has 0 fully saturated rings. The predicted octanol–water partition coefficient (Wildman–Crippen LogP) is 1.92. The summed E-state index contributed by atoms with van der Waals surface area (Å²) in [6.45, 7) is 1.58. The Hall–Kier alpha value is -3.30. The van der Waals surface area contributed by atoms with Crippen LogP contribution in [0.1, 0.15) is 12.5 Å². The number of benzene rings is 1. The molecule has 1 aliphatic heterocycles. The molecule has 0 saturated carbocycles. The number of nitrogens with zero attached hydrogens (tertiary/aromatic N) is 4. The van der Waals surface area contributed by atoms with E-state index in [4.69, 9.17) is 19.0 Å². The first kappa shape index (κ1) is 22.0. The highest BCUT2D eigenvalue weighted by Crippen LogP contribution is 2.32. The zero-order chi connectivity index (χ0) is 21.6. The maximum absolute atomic E-state index is 12.3. The summed E-state index contributed by atoms with van der Waals surface area (Å²) in [7, 11) is 2.68. The second kappa shape index (κ2) is 9.76. The average Bonchev–Trinajstić information content (AvgIpc) is 2.72. The summed E-state index contributed by atoms with van der Waals surface area (Å²) in [4.78, 5) is 32.6. The summed E-state index contributed by atoms with van der Waals surface area (Å²) in [5, 5.41) is 22.0. The van der Waals surface area contributed by atoms with Crippen molar-refractivity contribution in [3.8, 4) is 17.6 Å². The lowest BCUT2D eigenvalue weighted by Gasteiger charge is -2.31. The van der Waals surface area contributed by atoms with E-state index in [-0.39, 0.29) is 23.8 Å². The van der Waals surface area contributed by atoms with E-state index in [0.29, 0.717) is 5.75 Å². The van der Waals surface area contributed by atoms with Gasteiger partial charge in [0, 0.05) is 6.07 Å². The number of aliphatic imine (C=N–C) groups is 1. The first-order chi connectivity index (χ1) is 13.9. The lowest BCUT2D eigenvalue weighted by Crippen LogP contribution is -2.42. The fourth-order valence-corrected chi connectivity index (χ4v) is 2.97. The molecule has 1 aliphatic rings. The third kappa shape index (κ3) is 4.76. The second-order valence-corrected chi connectivity index (χ2v) is 6.18. The van der Waals surface area contributed by atoms with Gasteiger partial charge in [0.2, 0.25) is 5.71 Å². The number of rotatable bonds is 8. The van der Waals surface area contributed by atoms with Crippen molar-refractivity contribution in [2.75, 3.05) is 27.1 Å². The zero-order valence-electron chi connectivity index (χ0n) is 16.1. The number of carbonyl (C=O) groups is 1. The summed E-state index contributed by atoms with van der Waals surface area (Å²) >= 11 is 1.15. The number of ether oxygens (including phenoxy) is 3. The van der Waals surface area contributed by atoms with Gasteiger partial charge in [-0.3, -0.25) is 15.0 Å². The van der Waals surface area contributed by atoms with E-state index in [1.807, 2.05) is 6.07 Å². The first-order valence-electron chi connectivity index (χ1n) is 8.17. The molecule has 2 rings (SSSR count). The summed E-state index contributed by atoms with van der Waals surface area (Å²) in [5.41, 5.74) is -1.86. The molecule has 0 saturated heterocycles. The van der Waals surface area contributed by atoms with Crippen molar-refractivity contribution in [2.24, 2.45) is 4.99 Å². The lowest BCUT2D eigenvalue weighted by molar-refractivity contribution is -0.421. The molecule has 11 nitrogen and oxygen atoms in total. The van der Waals surface area contributed by atoms with Gasteiger partial charge < -0.3 is 14.2 Å². The van der Waals surface area contributed by atoms with Crippen molar-refractivity contribution in [2.45, 2.75) is 12.4 Å². The molecule has 0 bridgehead atoms. The van der Waals surface area contributed by atoms with Crippen LogP contribution in [0.5, 0.6) is 11.5 Å². The van der Waals surface area contributed by atoms with Crippen molar-refractivity contribution in [1.82, 2.24) is 5.06 Å². The van der Waals surface area contributed by atoms with Crippen molar-refractivity contribution in [3.05, 3.63) is 45.5 Å². The van der Waals surface area contributed by atoms with E-state index in [1.165, 1.54) is 32.4 Å². The average molecular weight is 422 g/mol. The van der Waals surface area contributed by atoms with Gasteiger partial charge in [0.05, 0.1) is 37.4 Å². The quantitative estimate of drug-likeness (QED) is 0.347. The van der Waals surface area contributed by atoms with Gasteiger partial charge >= 0.3 is 17.5 Å². The van der Waals surface area contributed by atoms with E-state index in [9.17, 15) is 20.2 Å². The third-order valence-electron chi connectivity index (χ3n) is 3.59. The number of hydroxylamine groups is 2. The Morgan fingerprint density at radius 2 is 2.07 bits per heavy atom. The van der Waals surface area contributed by atoms with Gasteiger partial charge in [0.25, 0.3) is 0 Å². The molecule has 0 aliphatic carbocycles. The van der Waals surface area contributed by atoms with Gasteiger partial charge in [-0.05, 0) is 25.3 Å². The number of hydrogen-bond acceptors (Lipinski definition) is 11. The van der Waals surface area contributed by atoms with Gasteiger partial charge in [-0.2, -0.15) is 10.3 Å². The van der Waals surface area contributed by atoms with E-state index in [2.05, 4.69) is 4.99 Å². The molecule has 0 aromatic heterocycles. The maximum atomic E-state index is 12.3. The van der Waals surface area contributed by atoms with Crippen LogP contribution in [-0.2, 0) is 14.4 Å². The summed E-state index contributed by atoms with van der Waals surface area (Å²) < 4.78 is 15.7. The molecule has 1 unspecified atom stereocenters. The van der Waals surface area contributed by atoms with Crippen LogP contribution in [0.2, 0.25) is 0 Å². The highest BCUT2D eigenvalue weighted by molar-refractivity contribution is 7.99. The van der Waals surface area contributed by atoms with Gasteiger partial charge in [-0.1, -0.05) is 0 Å². The molecule has 29 heavy (non-hydrogen) atoms. The van der Waals surface area contributed by atoms with Crippen LogP contribution in [0.15, 0.2) is 34.8 Å². The lowest BCUT2D eigenvalue weighted by atomic mass is 10.2. The highest BCUT2D eigenvalue weighted by atomic mass is 32.2. The van der Waals surface area contributed by atoms with E-state index in [0.717, 1.165) is 16.8 Å². The number of nitro groups is 1. The largest absolute Gasteiger partial charge is 0.497 e. The fraction of sp³-hybridized carbons (Fsp3) is 0.353. The Balaban J connectivity index is 2.65. The second-order valence-electron chi connectivity index (χ2n) is 5.29. The molecule has 0 N–H and O–H groups in total. The van der Waals surface area contributed by atoms with Crippen molar-refractivity contribution in [1.29, 1.82) is 5.26 Å². The van der Waals surface area contributed by atoms with E-state index < -0.39 is 27.8 Å². The Morgan fingerprint density at radius 3 is 2.59 bits per heavy atom. The molecule has 12 heteroatoms. The molecule has 1 heterocycles. The summed E-state index contributed by atoms with van der Waals surface area (Å²) in [6.07, 6.45) is 1.68.